The lowest BCUT2D eigenvalue weighted by atomic mass is 10.1. The van der Waals surface area contributed by atoms with Crippen LogP contribution in [-0.2, 0) is 6.54 Å². The van der Waals surface area contributed by atoms with Crippen LogP contribution in [0.25, 0.3) is 0 Å². The molecule has 0 radical (unpaired) electrons. The topological polar surface area (TPSA) is 41.1 Å². The van der Waals surface area contributed by atoms with Gasteiger partial charge < -0.3 is 10.6 Å². The van der Waals surface area contributed by atoms with E-state index in [9.17, 15) is 9.18 Å². The molecule has 0 heterocycles. The zero-order valence-corrected chi connectivity index (χ0v) is 11.3. The predicted molar refractivity (Wildman–Crippen MR) is 78.2 cm³/mol. The fourth-order valence-electron chi connectivity index (χ4n) is 1.81. The van der Waals surface area contributed by atoms with E-state index in [1.165, 1.54) is 18.2 Å². The lowest BCUT2D eigenvalue weighted by molar-refractivity contribution is 0.102. The molecule has 4 heteroatoms. The summed E-state index contributed by atoms with van der Waals surface area (Å²) in [5.74, 6) is -0.734. The van der Waals surface area contributed by atoms with E-state index in [0.29, 0.717) is 11.3 Å². The number of halogens is 1. The lowest BCUT2D eigenvalue weighted by Crippen LogP contribution is -2.13. The van der Waals surface area contributed by atoms with Crippen molar-refractivity contribution in [2.24, 2.45) is 0 Å². The monoisotopic (exact) mass is 272 g/mol. The first-order chi connectivity index (χ1) is 9.69. The second-order valence-electron chi connectivity index (χ2n) is 4.44. The summed E-state index contributed by atoms with van der Waals surface area (Å²) in [7, 11) is 0. The van der Waals surface area contributed by atoms with E-state index in [0.717, 1.165) is 18.7 Å². The molecular formula is C16H17FN2O. The van der Waals surface area contributed by atoms with Crippen LogP contribution in [0.3, 0.4) is 0 Å². The number of benzene rings is 2. The fourth-order valence-corrected chi connectivity index (χ4v) is 1.81. The van der Waals surface area contributed by atoms with Gasteiger partial charge in [-0.2, -0.15) is 0 Å². The molecule has 0 aliphatic carbocycles. The first kappa shape index (κ1) is 14.2. The Morgan fingerprint density at radius 3 is 2.55 bits per heavy atom. The number of nitrogens with one attached hydrogen (secondary N) is 2. The molecule has 2 rings (SSSR count). The van der Waals surface area contributed by atoms with Gasteiger partial charge in [0, 0.05) is 17.8 Å². The molecule has 0 bridgehead atoms. The Morgan fingerprint density at radius 2 is 1.90 bits per heavy atom. The Morgan fingerprint density at radius 1 is 1.15 bits per heavy atom. The molecule has 0 spiro atoms. The van der Waals surface area contributed by atoms with E-state index in [1.54, 1.807) is 6.07 Å². The molecule has 2 aromatic carbocycles. The molecule has 0 saturated heterocycles. The number of amides is 1. The van der Waals surface area contributed by atoms with E-state index < -0.39 is 5.82 Å². The number of rotatable bonds is 5. The zero-order valence-electron chi connectivity index (χ0n) is 11.3. The molecule has 20 heavy (non-hydrogen) atoms. The minimum absolute atomic E-state index is 0.307. The van der Waals surface area contributed by atoms with Crippen LogP contribution in [0.2, 0.25) is 0 Å². The number of hydrogen-bond acceptors (Lipinski definition) is 2. The van der Waals surface area contributed by atoms with Crippen LogP contribution in [0, 0.1) is 5.82 Å². The van der Waals surface area contributed by atoms with Gasteiger partial charge in [-0.1, -0.05) is 25.1 Å². The van der Waals surface area contributed by atoms with Gasteiger partial charge in [0.15, 0.2) is 0 Å². The summed E-state index contributed by atoms with van der Waals surface area (Å²) in [6, 6.07) is 13.2. The van der Waals surface area contributed by atoms with Gasteiger partial charge >= 0.3 is 0 Å². The van der Waals surface area contributed by atoms with E-state index in [2.05, 4.69) is 10.6 Å². The molecule has 0 saturated carbocycles. The number of carbonyl (C=O) groups is 1. The van der Waals surface area contributed by atoms with Gasteiger partial charge in [0.25, 0.3) is 5.91 Å². The maximum Gasteiger partial charge on any atom is 0.255 e. The maximum atomic E-state index is 13.1. The van der Waals surface area contributed by atoms with Crippen LogP contribution in [0.15, 0.2) is 48.5 Å². The Labute approximate surface area is 117 Å². The van der Waals surface area contributed by atoms with Gasteiger partial charge in [0.1, 0.15) is 5.82 Å². The smallest absolute Gasteiger partial charge is 0.255 e. The highest BCUT2D eigenvalue weighted by molar-refractivity contribution is 6.04. The third-order valence-corrected chi connectivity index (χ3v) is 2.88. The summed E-state index contributed by atoms with van der Waals surface area (Å²) >= 11 is 0. The van der Waals surface area contributed by atoms with Gasteiger partial charge in [-0.25, -0.2) is 4.39 Å². The Bertz CT molecular complexity index is 581. The second kappa shape index (κ2) is 6.82. The molecule has 104 valence electrons. The summed E-state index contributed by atoms with van der Waals surface area (Å²) in [5.41, 5.74) is 2.15. The Balaban J connectivity index is 2.01. The minimum Gasteiger partial charge on any atom is -0.322 e. The van der Waals surface area contributed by atoms with E-state index in [1.807, 2.05) is 31.2 Å². The molecule has 0 atom stereocenters. The van der Waals surface area contributed by atoms with E-state index >= 15 is 0 Å². The largest absolute Gasteiger partial charge is 0.322 e. The quantitative estimate of drug-likeness (QED) is 0.877. The summed E-state index contributed by atoms with van der Waals surface area (Å²) in [6.45, 7) is 3.76. The van der Waals surface area contributed by atoms with Crippen LogP contribution < -0.4 is 10.6 Å². The molecule has 0 aliphatic rings. The van der Waals surface area contributed by atoms with Crippen molar-refractivity contribution in [1.29, 1.82) is 0 Å². The molecule has 0 aliphatic heterocycles. The van der Waals surface area contributed by atoms with Crippen molar-refractivity contribution in [2.75, 3.05) is 11.9 Å². The number of anilines is 1. The molecule has 3 nitrogen and oxygen atoms in total. The minimum atomic E-state index is -0.418. The van der Waals surface area contributed by atoms with E-state index in [-0.39, 0.29) is 5.91 Å². The zero-order chi connectivity index (χ0) is 14.4. The summed E-state index contributed by atoms with van der Waals surface area (Å²) in [4.78, 5) is 11.9. The van der Waals surface area contributed by atoms with Crippen molar-refractivity contribution in [1.82, 2.24) is 5.32 Å². The normalized spacial score (nSPS) is 10.3. The lowest BCUT2D eigenvalue weighted by Gasteiger charge is -2.07. The van der Waals surface area contributed by atoms with E-state index in [4.69, 9.17) is 0 Å². The summed E-state index contributed by atoms with van der Waals surface area (Å²) in [5, 5.41) is 5.97. The number of carbonyl (C=O) groups excluding carboxylic acids is 1. The van der Waals surface area contributed by atoms with Gasteiger partial charge in [-0.05, 0) is 42.4 Å². The van der Waals surface area contributed by atoms with Crippen LogP contribution in [0.4, 0.5) is 10.1 Å². The van der Waals surface area contributed by atoms with Crippen molar-refractivity contribution in [3.63, 3.8) is 0 Å². The average Bonchev–Trinajstić information content (AvgIpc) is 2.46. The number of hydrogen-bond donors (Lipinski definition) is 2. The summed E-state index contributed by atoms with van der Waals surface area (Å²) in [6.07, 6.45) is 0. The Kier molecular flexibility index (Phi) is 4.85. The molecule has 2 aromatic rings. The van der Waals surface area contributed by atoms with Crippen LogP contribution in [0.1, 0.15) is 22.8 Å². The first-order valence-corrected chi connectivity index (χ1v) is 6.55. The average molecular weight is 272 g/mol. The summed E-state index contributed by atoms with van der Waals surface area (Å²) < 4.78 is 13.1. The van der Waals surface area contributed by atoms with Crippen molar-refractivity contribution in [3.8, 4) is 0 Å². The molecule has 1 amide bonds. The highest BCUT2D eigenvalue weighted by Gasteiger charge is 2.06. The Hall–Kier alpha value is -2.20. The fraction of sp³-hybridized carbons (Fsp3) is 0.188. The second-order valence-corrected chi connectivity index (χ2v) is 4.44. The highest BCUT2D eigenvalue weighted by atomic mass is 19.1. The van der Waals surface area contributed by atoms with Crippen LogP contribution in [0.5, 0.6) is 0 Å². The van der Waals surface area contributed by atoms with Gasteiger partial charge in [-0.3, -0.25) is 4.79 Å². The van der Waals surface area contributed by atoms with Gasteiger partial charge in [-0.15, -0.1) is 0 Å². The first-order valence-electron chi connectivity index (χ1n) is 6.55. The van der Waals surface area contributed by atoms with Crippen molar-refractivity contribution < 1.29 is 9.18 Å². The third-order valence-electron chi connectivity index (χ3n) is 2.88. The molecule has 2 N–H and O–H groups in total. The van der Waals surface area contributed by atoms with Gasteiger partial charge in [0.2, 0.25) is 0 Å². The van der Waals surface area contributed by atoms with Crippen molar-refractivity contribution in [2.45, 2.75) is 13.5 Å². The molecular weight excluding hydrogens is 255 g/mol. The highest BCUT2D eigenvalue weighted by Crippen LogP contribution is 2.12. The molecule has 0 aromatic heterocycles. The standard InChI is InChI=1S/C16H17FN2O/c1-2-18-11-12-6-8-15(9-7-12)19-16(20)13-4-3-5-14(17)10-13/h3-10,18H,2,11H2,1H3,(H,19,20). The maximum absolute atomic E-state index is 13.1. The van der Waals surface area contributed by atoms with Crippen molar-refractivity contribution >= 4 is 11.6 Å². The van der Waals surface area contributed by atoms with Gasteiger partial charge in [0.05, 0.1) is 0 Å². The van der Waals surface area contributed by atoms with Crippen LogP contribution >= 0.6 is 0 Å². The molecule has 0 fully saturated rings. The van der Waals surface area contributed by atoms with Crippen molar-refractivity contribution in [3.05, 3.63) is 65.5 Å². The molecule has 0 unspecified atom stereocenters. The predicted octanol–water partition coefficient (Wildman–Crippen LogP) is 3.19. The van der Waals surface area contributed by atoms with Crippen LogP contribution in [-0.4, -0.2) is 12.5 Å². The third kappa shape index (κ3) is 3.90. The SMILES string of the molecule is CCNCc1ccc(NC(=O)c2cccc(F)c2)cc1.